The normalized spacial score (nSPS) is 21.1. The number of carbonyl (C=O) groups is 4. The molecule has 2 aliphatic rings. The average Bonchev–Trinajstić information content (AvgIpc) is 3.67. The van der Waals surface area contributed by atoms with Gasteiger partial charge >= 0.3 is 6.09 Å². The molecule has 5 N–H and O–H groups in total. The van der Waals surface area contributed by atoms with Gasteiger partial charge in [-0.1, -0.05) is 68.5 Å². The van der Waals surface area contributed by atoms with Crippen molar-refractivity contribution in [3.63, 3.8) is 0 Å². The smallest absolute Gasteiger partial charge is 0.408 e. The molecule has 12 nitrogen and oxygen atoms in total. The molecule has 1 aliphatic carbocycles. The Morgan fingerprint density at radius 3 is 2.33 bits per heavy atom. The number of ether oxygens (including phenoxy) is 1. The molecule has 1 aliphatic heterocycles. The lowest BCUT2D eigenvalue weighted by Crippen LogP contribution is -2.58. The van der Waals surface area contributed by atoms with Crippen LogP contribution in [0, 0.1) is 11.8 Å². The van der Waals surface area contributed by atoms with Crippen molar-refractivity contribution in [2.24, 2.45) is 11.8 Å². The van der Waals surface area contributed by atoms with Crippen molar-refractivity contribution in [2.45, 2.75) is 114 Å². The Labute approximate surface area is 283 Å². The van der Waals surface area contributed by atoms with Gasteiger partial charge in [-0.25, -0.2) is 9.78 Å². The first-order valence-electron chi connectivity index (χ1n) is 17.0. The number of hydrogen-bond acceptors (Lipinski definition) is 7. The van der Waals surface area contributed by atoms with E-state index < -0.39 is 53.7 Å². The summed E-state index contributed by atoms with van der Waals surface area (Å²) in [7, 11) is 1.70. The molecule has 2 aromatic rings. The van der Waals surface area contributed by atoms with E-state index in [-0.39, 0.29) is 30.7 Å². The van der Waals surface area contributed by atoms with Crippen molar-refractivity contribution in [3.8, 4) is 0 Å². The van der Waals surface area contributed by atoms with Gasteiger partial charge in [-0.15, -0.1) is 6.58 Å². The predicted octanol–water partition coefficient (Wildman–Crippen LogP) is 3.42. The van der Waals surface area contributed by atoms with Crippen LogP contribution < -0.4 is 16.0 Å². The number of alkyl carbamates (subject to hydrolysis) is 1. The number of benzene rings is 1. The molecule has 12 heteroatoms. The van der Waals surface area contributed by atoms with E-state index in [1.54, 1.807) is 45.0 Å². The molecule has 1 saturated carbocycles. The minimum absolute atomic E-state index is 0.0813. The number of nitrogens with zero attached hydrogens (tertiary/aromatic N) is 2. The number of aromatic nitrogens is 2. The number of aliphatic hydroxyl groups excluding tert-OH is 1. The fourth-order valence-electron chi connectivity index (χ4n) is 6.72. The summed E-state index contributed by atoms with van der Waals surface area (Å²) in [6.45, 7) is 9.04. The van der Waals surface area contributed by atoms with Crippen LogP contribution in [0.1, 0.15) is 77.0 Å². The molecule has 4 rings (SSSR count). The largest absolute Gasteiger partial charge is 0.444 e. The quantitative estimate of drug-likeness (QED) is 0.193. The van der Waals surface area contributed by atoms with Crippen LogP contribution in [0.5, 0.6) is 0 Å². The summed E-state index contributed by atoms with van der Waals surface area (Å²) in [5, 5.41) is 20.3. The second-order valence-electron chi connectivity index (χ2n) is 14.2. The third-order valence-electron chi connectivity index (χ3n) is 9.30. The molecule has 1 saturated heterocycles. The first-order valence-corrected chi connectivity index (χ1v) is 17.0. The standard InChI is InChI=1S/C36H52N6O6/c1-6-26-20-27(34(46)42(26)5)31(43)28(17-23-13-9-7-10-14-23)39-33(45)30(19-25-21-37-22-38-25)40-32(44)29(18-24-15-11-8-12-16-24)41-35(47)48-36(2,3)4/h6,8,11-12,15-16,21-23,26-31,43H,1,7,9-10,13-14,17-20H2,2-5H3,(H,37,38)(H,39,45)(H,40,44)(H,41,47)/t26-,27-,28+,29-,30-,31-/m0/s1. The summed E-state index contributed by atoms with van der Waals surface area (Å²) in [6.07, 6.45) is 9.33. The summed E-state index contributed by atoms with van der Waals surface area (Å²) in [4.78, 5) is 62.7. The maximum absolute atomic E-state index is 14.1. The highest BCUT2D eigenvalue weighted by Crippen LogP contribution is 2.33. The fourth-order valence-corrected chi connectivity index (χ4v) is 6.72. The monoisotopic (exact) mass is 664 g/mol. The van der Waals surface area contributed by atoms with E-state index in [1.807, 2.05) is 30.3 Å². The van der Waals surface area contributed by atoms with Gasteiger partial charge in [0.1, 0.15) is 17.7 Å². The zero-order valence-corrected chi connectivity index (χ0v) is 28.6. The summed E-state index contributed by atoms with van der Waals surface area (Å²) in [5.74, 6) is -1.67. The van der Waals surface area contributed by atoms with E-state index in [0.717, 1.165) is 37.7 Å². The molecule has 1 aromatic carbocycles. The maximum atomic E-state index is 14.1. The van der Waals surface area contributed by atoms with Crippen LogP contribution in [-0.2, 0) is 32.0 Å². The Kier molecular flexibility index (Phi) is 12.8. The van der Waals surface area contributed by atoms with E-state index in [9.17, 15) is 24.3 Å². The highest BCUT2D eigenvalue weighted by atomic mass is 16.6. The van der Waals surface area contributed by atoms with Crippen molar-refractivity contribution in [1.82, 2.24) is 30.8 Å². The number of H-pyrrole nitrogens is 1. The molecule has 1 aromatic heterocycles. The number of nitrogens with one attached hydrogen (secondary N) is 4. The number of aliphatic hydroxyl groups is 1. The number of carbonyl (C=O) groups excluding carboxylic acids is 4. The summed E-state index contributed by atoms with van der Waals surface area (Å²) in [6, 6.07) is 6.19. The molecule has 0 bridgehead atoms. The third-order valence-corrected chi connectivity index (χ3v) is 9.30. The first kappa shape index (κ1) is 36.6. The maximum Gasteiger partial charge on any atom is 0.408 e. The van der Waals surface area contributed by atoms with Gasteiger partial charge < -0.3 is 35.7 Å². The minimum Gasteiger partial charge on any atom is -0.444 e. The lowest BCUT2D eigenvalue weighted by molar-refractivity contribution is -0.135. The molecule has 6 atom stereocenters. The number of likely N-dealkylation sites (tertiary alicyclic amines) is 1. The Balaban J connectivity index is 1.57. The Morgan fingerprint density at radius 1 is 1.06 bits per heavy atom. The van der Waals surface area contributed by atoms with Gasteiger partial charge in [-0.2, -0.15) is 0 Å². The second kappa shape index (κ2) is 16.8. The van der Waals surface area contributed by atoms with Crippen LogP contribution in [0.25, 0.3) is 0 Å². The third kappa shape index (κ3) is 10.4. The molecule has 262 valence electrons. The van der Waals surface area contributed by atoms with Crippen molar-refractivity contribution >= 4 is 23.8 Å². The summed E-state index contributed by atoms with van der Waals surface area (Å²) >= 11 is 0. The number of aromatic amines is 1. The van der Waals surface area contributed by atoms with E-state index in [2.05, 4.69) is 32.5 Å². The Bertz CT molecular complexity index is 1370. The highest BCUT2D eigenvalue weighted by molar-refractivity contribution is 5.92. The SMILES string of the molecule is C=C[C@H]1C[C@@H]([C@H](O)[C@@H](CC2CCCCC2)NC(=O)[C@H](Cc2cnc[nH]2)NC(=O)[C@H](Cc2ccccc2)NC(=O)OC(C)(C)C)C(=O)N1C. The minimum atomic E-state index is -1.13. The number of amides is 4. The fraction of sp³-hybridized carbons (Fsp3) is 0.583. The van der Waals surface area contributed by atoms with Gasteiger partial charge in [0.15, 0.2) is 0 Å². The Morgan fingerprint density at radius 2 is 1.73 bits per heavy atom. The number of likely N-dealkylation sites (N-methyl/N-ethyl adjacent to an activating group) is 1. The topological polar surface area (TPSA) is 166 Å². The van der Waals surface area contributed by atoms with Crippen molar-refractivity contribution in [1.29, 1.82) is 0 Å². The van der Waals surface area contributed by atoms with Crippen molar-refractivity contribution < 1.29 is 29.0 Å². The zero-order chi connectivity index (χ0) is 34.8. The lowest BCUT2D eigenvalue weighted by atomic mass is 9.81. The first-order chi connectivity index (χ1) is 22.8. The van der Waals surface area contributed by atoms with E-state index in [0.29, 0.717) is 18.5 Å². The van der Waals surface area contributed by atoms with Crippen LogP contribution in [0.4, 0.5) is 4.79 Å². The van der Waals surface area contributed by atoms with Gasteiger partial charge in [0, 0.05) is 31.8 Å². The predicted molar refractivity (Wildman–Crippen MR) is 182 cm³/mol. The molecule has 0 unspecified atom stereocenters. The Hall–Kier alpha value is -4.19. The van der Waals surface area contributed by atoms with E-state index in [1.165, 1.54) is 6.33 Å². The molecule has 48 heavy (non-hydrogen) atoms. The van der Waals surface area contributed by atoms with Gasteiger partial charge in [-0.3, -0.25) is 14.4 Å². The van der Waals surface area contributed by atoms with Crippen LogP contribution in [-0.4, -0.2) is 86.7 Å². The van der Waals surface area contributed by atoms with Gasteiger partial charge in [0.25, 0.3) is 0 Å². The number of hydrogen-bond donors (Lipinski definition) is 5. The van der Waals surface area contributed by atoms with Crippen molar-refractivity contribution in [3.05, 3.63) is 66.8 Å². The van der Waals surface area contributed by atoms with Gasteiger partial charge in [0.2, 0.25) is 17.7 Å². The average molecular weight is 665 g/mol. The zero-order valence-electron chi connectivity index (χ0n) is 28.6. The molecular weight excluding hydrogens is 612 g/mol. The van der Waals surface area contributed by atoms with Crippen LogP contribution in [0.2, 0.25) is 0 Å². The number of rotatable bonds is 14. The lowest BCUT2D eigenvalue weighted by Gasteiger charge is -2.33. The summed E-state index contributed by atoms with van der Waals surface area (Å²) in [5.41, 5.74) is 0.639. The molecule has 0 radical (unpaired) electrons. The van der Waals surface area contributed by atoms with Crippen molar-refractivity contribution in [2.75, 3.05) is 7.05 Å². The molecule has 2 fully saturated rings. The molecule has 2 heterocycles. The second-order valence-corrected chi connectivity index (χ2v) is 14.2. The van der Waals surface area contributed by atoms with Gasteiger partial charge in [-0.05, 0) is 45.1 Å². The number of imidazole rings is 1. The van der Waals surface area contributed by atoms with E-state index in [4.69, 9.17) is 4.74 Å². The molecule has 0 spiro atoms. The molecule has 4 amide bonds. The van der Waals surface area contributed by atoms with E-state index >= 15 is 0 Å². The van der Waals surface area contributed by atoms with Crippen LogP contribution >= 0.6 is 0 Å². The highest BCUT2D eigenvalue weighted by Gasteiger charge is 2.44. The van der Waals surface area contributed by atoms with Gasteiger partial charge in [0.05, 0.1) is 30.4 Å². The van der Waals surface area contributed by atoms with Crippen LogP contribution in [0.3, 0.4) is 0 Å². The molecular formula is C36H52N6O6. The van der Waals surface area contributed by atoms with Crippen LogP contribution in [0.15, 0.2) is 55.5 Å². The summed E-state index contributed by atoms with van der Waals surface area (Å²) < 4.78 is 5.44.